The number of amides is 1. The number of rotatable bonds is 6. The van der Waals surface area contributed by atoms with Crippen molar-refractivity contribution in [1.82, 2.24) is 10.2 Å². The molecule has 2 aliphatic heterocycles. The first-order valence-electron chi connectivity index (χ1n) is 9.16. The Balaban J connectivity index is 1.57. The molecule has 0 spiro atoms. The monoisotopic (exact) mass is 358 g/mol. The largest absolute Gasteiger partial charge is 0.486 e. The normalized spacial score (nSPS) is 18.8. The number of carbonyl (C=O) groups is 2. The Hall–Kier alpha value is -2.34. The molecule has 2 heterocycles. The third-order valence-electron chi connectivity index (χ3n) is 5.07. The van der Waals surface area contributed by atoms with Crippen LogP contribution in [0, 0.1) is 5.92 Å². The Kier molecular flexibility index (Phi) is 5.93. The number of Topliss-reactive ketones (excluding diaryl/α,β-unsaturated/α-hetero) is 1. The smallest absolute Gasteiger partial charge is 0.237 e. The number of hydrogen-bond donors (Lipinski definition) is 1. The molecule has 1 atom stereocenters. The van der Waals surface area contributed by atoms with E-state index in [2.05, 4.69) is 16.8 Å². The van der Waals surface area contributed by atoms with Crippen molar-refractivity contribution >= 4 is 11.7 Å². The molecule has 0 aliphatic carbocycles. The fourth-order valence-electron chi connectivity index (χ4n) is 3.47. The Labute approximate surface area is 154 Å². The molecular formula is C20H26N2O4. The SMILES string of the molecule is C=CCNC(=O)C(C)N1CCC(C(=O)c2ccc3c(c2)OCCO3)CC1. The number of nitrogens with one attached hydrogen (secondary N) is 1. The molecule has 0 bridgehead atoms. The summed E-state index contributed by atoms with van der Waals surface area (Å²) in [5.74, 6) is 1.47. The molecule has 0 saturated carbocycles. The molecule has 140 valence electrons. The van der Waals surface area contributed by atoms with Crippen LogP contribution in [0.1, 0.15) is 30.1 Å². The van der Waals surface area contributed by atoms with E-state index in [1.165, 1.54) is 0 Å². The van der Waals surface area contributed by atoms with E-state index in [-0.39, 0.29) is 23.7 Å². The molecule has 0 aromatic heterocycles. The topological polar surface area (TPSA) is 67.9 Å². The summed E-state index contributed by atoms with van der Waals surface area (Å²) in [4.78, 5) is 27.0. The van der Waals surface area contributed by atoms with E-state index in [0.29, 0.717) is 36.8 Å². The summed E-state index contributed by atoms with van der Waals surface area (Å²) in [6.45, 7) is 8.51. The summed E-state index contributed by atoms with van der Waals surface area (Å²) in [5.41, 5.74) is 0.671. The van der Waals surface area contributed by atoms with Crippen molar-refractivity contribution in [2.45, 2.75) is 25.8 Å². The van der Waals surface area contributed by atoms with Gasteiger partial charge >= 0.3 is 0 Å². The number of ketones is 1. The third-order valence-corrected chi connectivity index (χ3v) is 5.07. The molecule has 3 rings (SSSR count). The molecular weight excluding hydrogens is 332 g/mol. The third kappa shape index (κ3) is 4.07. The Morgan fingerprint density at radius 1 is 1.27 bits per heavy atom. The lowest BCUT2D eigenvalue weighted by atomic mass is 9.88. The highest BCUT2D eigenvalue weighted by molar-refractivity contribution is 5.98. The molecule has 1 aromatic carbocycles. The van der Waals surface area contributed by atoms with E-state index < -0.39 is 0 Å². The first-order chi connectivity index (χ1) is 12.6. The minimum atomic E-state index is -0.194. The van der Waals surface area contributed by atoms with Crippen LogP contribution in [0.2, 0.25) is 0 Å². The van der Waals surface area contributed by atoms with Gasteiger partial charge in [0.1, 0.15) is 13.2 Å². The van der Waals surface area contributed by atoms with Crippen LogP contribution in [0.15, 0.2) is 30.9 Å². The van der Waals surface area contributed by atoms with Crippen molar-refractivity contribution in [3.8, 4) is 11.5 Å². The van der Waals surface area contributed by atoms with Crippen LogP contribution in [0.3, 0.4) is 0 Å². The minimum absolute atomic E-state index is 0.00140. The summed E-state index contributed by atoms with van der Waals surface area (Å²) in [6.07, 6.45) is 3.18. The number of carbonyl (C=O) groups excluding carboxylic acids is 2. The van der Waals surface area contributed by atoms with Gasteiger partial charge in [-0.1, -0.05) is 6.08 Å². The number of piperidine rings is 1. The maximum atomic E-state index is 12.8. The molecule has 1 aromatic rings. The zero-order chi connectivity index (χ0) is 18.5. The van der Waals surface area contributed by atoms with Gasteiger partial charge in [-0.05, 0) is 51.1 Å². The molecule has 1 saturated heterocycles. The zero-order valence-corrected chi connectivity index (χ0v) is 15.2. The van der Waals surface area contributed by atoms with Gasteiger partial charge in [0.15, 0.2) is 17.3 Å². The first-order valence-corrected chi connectivity index (χ1v) is 9.16. The van der Waals surface area contributed by atoms with Crippen LogP contribution in [-0.4, -0.2) is 55.5 Å². The average molecular weight is 358 g/mol. The molecule has 26 heavy (non-hydrogen) atoms. The molecule has 6 heteroatoms. The lowest BCUT2D eigenvalue weighted by Gasteiger charge is -2.34. The van der Waals surface area contributed by atoms with Gasteiger partial charge in [0.05, 0.1) is 6.04 Å². The second-order valence-electron chi connectivity index (χ2n) is 6.74. The number of nitrogens with zero attached hydrogens (tertiary/aromatic N) is 1. The van der Waals surface area contributed by atoms with Crippen LogP contribution >= 0.6 is 0 Å². The number of benzene rings is 1. The van der Waals surface area contributed by atoms with Crippen LogP contribution in [0.4, 0.5) is 0 Å². The maximum absolute atomic E-state index is 12.8. The standard InChI is InChI=1S/C20H26N2O4/c1-3-8-21-20(24)14(2)22-9-6-15(7-10-22)19(23)16-4-5-17-18(13-16)26-12-11-25-17/h3-5,13-15H,1,6-12H2,2H3,(H,21,24). The predicted octanol–water partition coefficient (Wildman–Crippen LogP) is 2.04. The van der Waals surface area contributed by atoms with Crippen molar-refractivity contribution in [3.63, 3.8) is 0 Å². The summed E-state index contributed by atoms with van der Waals surface area (Å²) >= 11 is 0. The van der Waals surface area contributed by atoms with Crippen molar-refractivity contribution in [2.24, 2.45) is 5.92 Å². The number of hydrogen-bond acceptors (Lipinski definition) is 5. The fourth-order valence-corrected chi connectivity index (χ4v) is 3.47. The van der Waals surface area contributed by atoms with E-state index in [1.807, 2.05) is 19.1 Å². The number of likely N-dealkylation sites (tertiary alicyclic amines) is 1. The highest BCUT2D eigenvalue weighted by Crippen LogP contribution is 2.32. The quantitative estimate of drug-likeness (QED) is 0.623. The van der Waals surface area contributed by atoms with Gasteiger partial charge in [-0.3, -0.25) is 14.5 Å². The van der Waals surface area contributed by atoms with Crippen LogP contribution in [-0.2, 0) is 4.79 Å². The summed E-state index contributed by atoms with van der Waals surface area (Å²) < 4.78 is 11.1. The second-order valence-corrected chi connectivity index (χ2v) is 6.74. The van der Waals surface area contributed by atoms with Crippen molar-refractivity contribution < 1.29 is 19.1 Å². The molecule has 1 fully saturated rings. The second kappa shape index (κ2) is 8.36. The summed E-state index contributed by atoms with van der Waals surface area (Å²) in [5, 5.41) is 2.83. The van der Waals surface area contributed by atoms with Crippen molar-refractivity contribution in [1.29, 1.82) is 0 Å². The summed E-state index contributed by atoms with van der Waals surface area (Å²) in [7, 11) is 0. The van der Waals surface area contributed by atoms with Crippen molar-refractivity contribution in [3.05, 3.63) is 36.4 Å². The predicted molar refractivity (Wildman–Crippen MR) is 98.7 cm³/mol. The van der Waals surface area contributed by atoms with Crippen LogP contribution in [0.5, 0.6) is 11.5 Å². The Morgan fingerprint density at radius 3 is 2.65 bits per heavy atom. The summed E-state index contributed by atoms with van der Waals surface area (Å²) in [6, 6.07) is 5.21. The van der Waals surface area contributed by atoms with E-state index in [9.17, 15) is 9.59 Å². The Morgan fingerprint density at radius 2 is 1.96 bits per heavy atom. The van der Waals surface area contributed by atoms with E-state index >= 15 is 0 Å². The van der Waals surface area contributed by atoms with Crippen LogP contribution in [0.25, 0.3) is 0 Å². The molecule has 0 radical (unpaired) electrons. The van der Waals surface area contributed by atoms with Crippen molar-refractivity contribution in [2.75, 3.05) is 32.8 Å². The molecule has 1 amide bonds. The number of fused-ring (bicyclic) bond motifs is 1. The van der Waals surface area contributed by atoms with Gasteiger partial charge in [0.2, 0.25) is 5.91 Å². The average Bonchev–Trinajstić information content (AvgIpc) is 2.70. The minimum Gasteiger partial charge on any atom is -0.486 e. The fraction of sp³-hybridized carbons (Fsp3) is 0.500. The maximum Gasteiger partial charge on any atom is 0.237 e. The van der Waals surface area contributed by atoms with E-state index in [0.717, 1.165) is 25.9 Å². The van der Waals surface area contributed by atoms with Gasteiger partial charge in [0.25, 0.3) is 0 Å². The highest BCUT2D eigenvalue weighted by Gasteiger charge is 2.30. The molecule has 1 unspecified atom stereocenters. The first kappa shape index (κ1) is 18.5. The van der Waals surface area contributed by atoms with Gasteiger partial charge in [0, 0.05) is 18.0 Å². The van der Waals surface area contributed by atoms with Crippen LogP contribution < -0.4 is 14.8 Å². The zero-order valence-electron chi connectivity index (χ0n) is 15.2. The van der Waals surface area contributed by atoms with E-state index in [1.54, 1.807) is 12.1 Å². The van der Waals surface area contributed by atoms with Gasteiger partial charge in [-0.2, -0.15) is 0 Å². The van der Waals surface area contributed by atoms with E-state index in [4.69, 9.17) is 9.47 Å². The van der Waals surface area contributed by atoms with Gasteiger partial charge in [-0.25, -0.2) is 0 Å². The molecule has 2 aliphatic rings. The lowest BCUT2D eigenvalue weighted by molar-refractivity contribution is -0.126. The Bertz CT molecular complexity index is 680. The molecule has 1 N–H and O–H groups in total. The lowest BCUT2D eigenvalue weighted by Crippen LogP contribution is -2.49. The molecule has 6 nitrogen and oxygen atoms in total. The van der Waals surface area contributed by atoms with Gasteiger partial charge in [-0.15, -0.1) is 6.58 Å². The number of ether oxygens (including phenoxy) is 2. The van der Waals surface area contributed by atoms with Gasteiger partial charge < -0.3 is 14.8 Å². The highest BCUT2D eigenvalue weighted by atomic mass is 16.6.